The lowest BCUT2D eigenvalue weighted by molar-refractivity contribution is 1.06. The van der Waals surface area contributed by atoms with Gasteiger partial charge in [0.05, 0.1) is 38.8 Å². The van der Waals surface area contributed by atoms with E-state index in [-0.39, 0.29) is 0 Å². The first-order valence-corrected chi connectivity index (χ1v) is 16.1. The Kier molecular flexibility index (Phi) is 5.77. The summed E-state index contributed by atoms with van der Waals surface area (Å²) in [7, 11) is 0. The zero-order valence-corrected chi connectivity index (χ0v) is 25.8. The molecule has 6 nitrogen and oxygen atoms in total. The highest BCUT2D eigenvalue weighted by Crippen LogP contribution is 2.37. The summed E-state index contributed by atoms with van der Waals surface area (Å²) in [5.41, 5.74) is 9.59. The molecule has 0 amide bonds. The van der Waals surface area contributed by atoms with Gasteiger partial charge in [0.2, 0.25) is 5.78 Å². The van der Waals surface area contributed by atoms with Crippen LogP contribution in [0.2, 0.25) is 0 Å². The summed E-state index contributed by atoms with van der Waals surface area (Å²) < 4.78 is 6.77. The number of hydrogen-bond donors (Lipinski definition) is 0. The molecule has 0 N–H and O–H groups in total. The smallest absolute Gasteiger partial charge is 0.220 e. The van der Waals surface area contributed by atoms with E-state index < -0.39 is 0 Å². The SMILES string of the molecule is c1ccc(N(c2cccc(-n3c4ccccc4n4c5ccccc5nc34)c2)c2cccc(-n3c4ccccc4c4ccccc43)n2)cc1. The maximum Gasteiger partial charge on any atom is 0.220 e. The van der Waals surface area contributed by atoms with Crippen LogP contribution in [0.3, 0.4) is 0 Å². The van der Waals surface area contributed by atoms with Gasteiger partial charge in [0.1, 0.15) is 11.6 Å². The Labute approximate surface area is 276 Å². The van der Waals surface area contributed by atoms with E-state index in [4.69, 9.17) is 9.97 Å². The summed E-state index contributed by atoms with van der Waals surface area (Å²) in [6.45, 7) is 0. The van der Waals surface area contributed by atoms with Crippen LogP contribution in [-0.4, -0.2) is 23.5 Å². The minimum atomic E-state index is 0.826. The van der Waals surface area contributed by atoms with Crippen molar-refractivity contribution in [2.75, 3.05) is 4.90 Å². The molecule has 0 aliphatic carbocycles. The van der Waals surface area contributed by atoms with Gasteiger partial charge in [-0.15, -0.1) is 0 Å². The van der Waals surface area contributed by atoms with E-state index in [0.29, 0.717) is 0 Å². The van der Waals surface area contributed by atoms with Crippen LogP contribution in [0.4, 0.5) is 17.2 Å². The summed E-state index contributed by atoms with van der Waals surface area (Å²) in [5.74, 6) is 2.57. The molecule has 48 heavy (non-hydrogen) atoms. The molecule has 10 aromatic rings. The lowest BCUT2D eigenvalue weighted by atomic mass is 10.2. The molecule has 0 saturated carbocycles. The molecule has 0 atom stereocenters. The molecule has 0 aliphatic rings. The highest BCUT2D eigenvalue weighted by Gasteiger charge is 2.20. The van der Waals surface area contributed by atoms with E-state index in [1.54, 1.807) is 0 Å². The van der Waals surface area contributed by atoms with E-state index in [0.717, 1.165) is 67.6 Å². The van der Waals surface area contributed by atoms with Crippen molar-refractivity contribution in [3.05, 3.63) is 170 Å². The van der Waals surface area contributed by atoms with Crippen molar-refractivity contribution in [2.45, 2.75) is 0 Å². The Morgan fingerprint density at radius 3 is 1.79 bits per heavy atom. The number of anilines is 3. The van der Waals surface area contributed by atoms with Crippen LogP contribution in [0, 0.1) is 0 Å². The first-order valence-electron chi connectivity index (χ1n) is 16.1. The zero-order chi connectivity index (χ0) is 31.6. The number of hydrogen-bond acceptors (Lipinski definition) is 3. The lowest BCUT2D eigenvalue weighted by Gasteiger charge is -2.25. The van der Waals surface area contributed by atoms with Crippen molar-refractivity contribution in [2.24, 2.45) is 0 Å². The van der Waals surface area contributed by atoms with E-state index in [9.17, 15) is 0 Å². The molecule has 0 bridgehead atoms. The van der Waals surface area contributed by atoms with Crippen LogP contribution in [0.15, 0.2) is 170 Å². The van der Waals surface area contributed by atoms with E-state index in [1.165, 1.54) is 10.8 Å². The van der Waals surface area contributed by atoms with Gasteiger partial charge in [0.15, 0.2) is 0 Å². The molecule has 0 spiro atoms. The molecule has 0 aliphatic heterocycles. The number of aromatic nitrogens is 5. The van der Waals surface area contributed by atoms with Gasteiger partial charge in [0, 0.05) is 22.1 Å². The van der Waals surface area contributed by atoms with Crippen molar-refractivity contribution in [1.82, 2.24) is 23.5 Å². The first kappa shape index (κ1) is 26.5. The number of benzene rings is 6. The lowest BCUT2D eigenvalue weighted by Crippen LogP contribution is -2.13. The maximum atomic E-state index is 5.36. The Hall–Kier alpha value is -6.66. The van der Waals surface area contributed by atoms with E-state index in [1.807, 2.05) is 12.1 Å². The minimum Gasteiger partial charge on any atom is -0.295 e. The summed E-state index contributed by atoms with van der Waals surface area (Å²) >= 11 is 0. The Morgan fingerprint density at radius 1 is 0.417 bits per heavy atom. The van der Waals surface area contributed by atoms with Crippen molar-refractivity contribution in [3.63, 3.8) is 0 Å². The fourth-order valence-electron chi connectivity index (χ4n) is 7.20. The van der Waals surface area contributed by atoms with Gasteiger partial charge in [-0.2, -0.15) is 0 Å². The average molecular weight is 617 g/mol. The number of pyridine rings is 1. The number of imidazole rings is 2. The van der Waals surface area contributed by atoms with Crippen molar-refractivity contribution >= 4 is 66.8 Å². The van der Waals surface area contributed by atoms with Crippen molar-refractivity contribution in [3.8, 4) is 11.5 Å². The number of fused-ring (bicyclic) bond motifs is 8. The third kappa shape index (κ3) is 3.93. The number of rotatable bonds is 5. The number of nitrogens with zero attached hydrogens (tertiary/aromatic N) is 6. The van der Waals surface area contributed by atoms with E-state index in [2.05, 4.69) is 176 Å². The van der Waals surface area contributed by atoms with Gasteiger partial charge in [-0.3, -0.25) is 18.4 Å². The fourth-order valence-corrected chi connectivity index (χ4v) is 7.20. The normalized spacial score (nSPS) is 11.8. The Balaban J connectivity index is 1.18. The second-order valence-electron chi connectivity index (χ2n) is 12.0. The van der Waals surface area contributed by atoms with Crippen molar-refractivity contribution < 1.29 is 0 Å². The van der Waals surface area contributed by atoms with Gasteiger partial charge in [-0.25, -0.2) is 9.97 Å². The maximum absolute atomic E-state index is 5.36. The molecular formula is C42H28N6. The summed E-state index contributed by atoms with van der Waals surface area (Å²) in [6.07, 6.45) is 0. The summed E-state index contributed by atoms with van der Waals surface area (Å²) in [6, 6.07) is 59.3. The quantitative estimate of drug-likeness (QED) is 0.193. The largest absolute Gasteiger partial charge is 0.295 e. The molecule has 6 aromatic carbocycles. The van der Waals surface area contributed by atoms with Crippen LogP contribution >= 0.6 is 0 Å². The Morgan fingerprint density at radius 2 is 1.02 bits per heavy atom. The van der Waals surface area contributed by atoms with Crippen LogP contribution in [0.25, 0.3) is 61.2 Å². The molecule has 0 unspecified atom stereocenters. The van der Waals surface area contributed by atoms with Gasteiger partial charge < -0.3 is 0 Å². The van der Waals surface area contributed by atoms with Crippen LogP contribution in [0.5, 0.6) is 0 Å². The van der Waals surface area contributed by atoms with Crippen LogP contribution in [-0.2, 0) is 0 Å². The Bertz CT molecular complexity index is 2750. The molecular weight excluding hydrogens is 589 g/mol. The second-order valence-corrected chi connectivity index (χ2v) is 12.0. The van der Waals surface area contributed by atoms with E-state index >= 15 is 0 Å². The monoisotopic (exact) mass is 616 g/mol. The standard InChI is InChI=1S/C42H28N6/c1-2-14-29(15-3-1)45(40-26-13-27-41(44-40)47-35-21-7-4-18-32(35)33-19-5-8-22-36(33)47)30-16-12-17-31(28-30)46-38-24-10-11-25-39(38)48-37-23-9-6-20-34(37)43-42(46)48/h1-28H. The predicted molar refractivity (Wildman–Crippen MR) is 196 cm³/mol. The molecule has 0 saturated heterocycles. The molecule has 6 heteroatoms. The first-order chi connectivity index (χ1) is 23.8. The predicted octanol–water partition coefficient (Wildman–Crippen LogP) is 10.4. The van der Waals surface area contributed by atoms with Gasteiger partial charge in [-0.05, 0) is 78.9 Å². The zero-order valence-electron chi connectivity index (χ0n) is 25.8. The number of para-hydroxylation sites is 7. The topological polar surface area (TPSA) is 43.3 Å². The van der Waals surface area contributed by atoms with Crippen molar-refractivity contribution in [1.29, 1.82) is 0 Å². The van der Waals surface area contributed by atoms with Gasteiger partial charge >= 0.3 is 0 Å². The summed E-state index contributed by atoms with van der Waals surface area (Å²) in [5, 5.41) is 2.43. The molecule has 10 rings (SSSR count). The average Bonchev–Trinajstić information content (AvgIpc) is 3.79. The third-order valence-corrected chi connectivity index (χ3v) is 9.23. The molecule has 4 heterocycles. The van der Waals surface area contributed by atoms with Crippen LogP contribution < -0.4 is 4.90 Å². The molecule has 4 aromatic heterocycles. The van der Waals surface area contributed by atoms with Gasteiger partial charge in [-0.1, -0.05) is 91.0 Å². The fraction of sp³-hybridized carbons (Fsp3) is 0. The van der Waals surface area contributed by atoms with Crippen LogP contribution in [0.1, 0.15) is 0 Å². The minimum absolute atomic E-state index is 0.826. The third-order valence-electron chi connectivity index (χ3n) is 9.23. The highest BCUT2D eigenvalue weighted by atomic mass is 15.2. The summed E-state index contributed by atoms with van der Waals surface area (Å²) in [4.78, 5) is 12.7. The molecule has 0 fully saturated rings. The highest BCUT2D eigenvalue weighted by molar-refractivity contribution is 6.09. The second kappa shape index (κ2) is 10.4. The van der Waals surface area contributed by atoms with Gasteiger partial charge in [0.25, 0.3) is 0 Å². The molecule has 226 valence electrons. The molecule has 0 radical (unpaired) electrons.